The van der Waals surface area contributed by atoms with Gasteiger partial charge in [-0.25, -0.2) is 0 Å². The summed E-state index contributed by atoms with van der Waals surface area (Å²) in [5.41, 5.74) is 0.910. The van der Waals surface area contributed by atoms with Gasteiger partial charge in [-0.05, 0) is 37.1 Å². The van der Waals surface area contributed by atoms with E-state index in [1.165, 1.54) is 4.90 Å². The van der Waals surface area contributed by atoms with E-state index in [1.807, 2.05) is 42.5 Å². The molecule has 0 saturated heterocycles. The number of carbonyl (C=O) groups is 1. The van der Waals surface area contributed by atoms with Crippen LogP contribution in [0.15, 0.2) is 64.4 Å². The molecule has 1 amide bonds. The Morgan fingerprint density at radius 2 is 1.68 bits per heavy atom. The molecule has 1 saturated carbocycles. The molecular weight excluding hydrogens is 254 g/mol. The number of nitrogens with one attached hydrogen (secondary N) is 1. The van der Waals surface area contributed by atoms with Crippen LogP contribution in [0.25, 0.3) is 0 Å². The van der Waals surface area contributed by atoms with Gasteiger partial charge in [-0.15, -0.1) is 0 Å². The minimum atomic E-state index is 0.154. The number of amides is 1. The second kappa shape index (κ2) is 5.49. The molecule has 2 aromatic rings. The van der Waals surface area contributed by atoms with E-state index in [-0.39, 0.29) is 11.8 Å². The van der Waals surface area contributed by atoms with Crippen LogP contribution in [-0.2, 0) is 4.79 Å². The number of hydrogen-bond acceptors (Lipinski definition) is 2. The summed E-state index contributed by atoms with van der Waals surface area (Å²) in [5, 5.41) is 3.03. The van der Waals surface area contributed by atoms with Crippen LogP contribution in [0.5, 0.6) is 0 Å². The third-order valence-electron chi connectivity index (χ3n) is 3.06. The third-order valence-corrected chi connectivity index (χ3v) is 4.15. The van der Waals surface area contributed by atoms with Gasteiger partial charge in [-0.1, -0.05) is 42.1 Å². The monoisotopic (exact) mass is 269 g/mol. The second-order valence-electron chi connectivity index (χ2n) is 4.67. The molecule has 0 radical (unpaired) electrons. The molecule has 2 nitrogen and oxygen atoms in total. The van der Waals surface area contributed by atoms with Crippen molar-refractivity contribution in [2.24, 2.45) is 5.92 Å². The zero-order chi connectivity index (χ0) is 13.1. The summed E-state index contributed by atoms with van der Waals surface area (Å²) in [6, 6.07) is 18.2. The zero-order valence-corrected chi connectivity index (χ0v) is 11.3. The number of hydrogen-bond donors (Lipinski definition) is 1. The lowest BCUT2D eigenvalue weighted by Gasteiger charge is -2.10. The van der Waals surface area contributed by atoms with Crippen molar-refractivity contribution in [3.63, 3.8) is 0 Å². The SMILES string of the molecule is O=C(Nc1ccccc1Sc1ccccc1)C1CC1. The van der Waals surface area contributed by atoms with Crippen LogP contribution in [-0.4, -0.2) is 5.91 Å². The van der Waals surface area contributed by atoms with Gasteiger partial charge >= 0.3 is 0 Å². The van der Waals surface area contributed by atoms with E-state index in [1.54, 1.807) is 11.8 Å². The molecule has 1 fully saturated rings. The third kappa shape index (κ3) is 3.18. The summed E-state index contributed by atoms with van der Waals surface area (Å²) >= 11 is 1.67. The van der Waals surface area contributed by atoms with Crippen molar-refractivity contribution < 1.29 is 4.79 Å². The largest absolute Gasteiger partial charge is 0.325 e. The topological polar surface area (TPSA) is 29.1 Å². The van der Waals surface area contributed by atoms with Gasteiger partial charge < -0.3 is 5.32 Å². The number of anilines is 1. The summed E-state index contributed by atoms with van der Waals surface area (Å²) in [7, 11) is 0. The van der Waals surface area contributed by atoms with Crippen LogP contribution in [0.2, 0.25) is 0 Å². The van der Waals surface area contributed by atoms with Crippen molar-refractivity contribution in [1.82, 2.24) is 0 Å². The zero-order valence-electron chi connectivity index (χ0n) is 10.5. The second-order valence-corrected chi connectivity index (χ2v) is 5.79. The van der Waals surface area contributed by atoms with E-state index >= 15 is 0 Å². The molecule has 1 aliphatic rings. The van der Waals surface area contributed by atoms with Crippen molar-refractivity contribution >= 4 is 23.4 Å². The Morgan fingerprint density at radius 1 is 1.00 bits per heavy atom. The van der Waals surface area contributed by atoms with Gasteiger partial charge in [0, 0.05) is 15.7 Å². The number of benzene rings is 2. The summed E-state index contributed by atoms with van der Waals surface area (Å²) < 4.78 is 0. The van der Waals surface area contributed by atoms with E-state index in [9.17, 15) is 4.79 Å². The predicted molar refractivity (Wildman–Crippen MR) is 78.4 cm³/mol. The van der Waals surface area contributed by atoms with E-state index in [0.717, 1.165) is 23.4 Å². The van der Waals surface area contributed by atoms with Gasteiger partial charge in [0.25, 0.3) is 0 Å². The highest BCUT2D eigenvalue weighted by molar-refractivity contribution is 7.99. The fraction of sp³-hybridized carbons (Fsp3) is 0.188. The van der Waals surface area contributed by atoms with Gasteiger partial charge in [0.15, 0.2) is 0 Å². The summed E-state index contributed by atoms with van der Waals surface area (Å²) in [6.45, 7) is 0. The predicted octanol–water partition coefficient (Wildman–Crippen LogP) is 4.19. The average molecular weight is 269 g/mol. The molecule has 0 aliphatic heterocycles. The van der Waals surface area contributed by atoms with Gasteiger partial charge in [0.05, 0.1) is 5.69 Å². The maximum Gasteiger partial charge on any atom is 0.227 e. The van der Waals surface area contributed by atoms with Gasteiger partial charge in [0.2, 0.25) is 5.91 Å². The van der Waals surface area contributed by atoms with E-state index in [4.69, 9.17) is 0 Å². The molecular formula is C16H15NOS. The van der Waals surface area contributed by atoms with E-state index in [0.29, 0.717) is 0 Å². The minimum Gasteiger partial charge on any atom is -0.325 e. The Labute approximate surface area is 117 Å². The van der Waals surface area contributed by atoms with E-state index in [2.05, 4.69) is 17.4 Å². The molecule has 0 spiro atoms. The van der Waals surface area contributed by atoms with Crippen LogP contribution in [0, 0.1) is 5.92 Å². The maximum atomic E-state index is 11.9. The molecule has 96 valence electrons. The van der Waals surface area contributed by atoms with Crippen molar-refractivity contribution in [1.29, 1.82) is 0 Å². The Morgan fingerprint density at radius 3 is 2.42 bits per heavy atom. The Balaban J connectivity index is 1.78. The molecule has 2 aromatic carbocycles. The first-order valence-electron chi connectivity index (χ1n) is 6.46. The van der Waals surface area contributed by atoms with Crippen LogP contribution in [0.1, 0.15) is 12.8 Å². The lowest BCUT2D eigenvalue weighted by atomic mass is 10.3. The van der Waals surface area contributed by atoms with Crippen molar-refractivity contribution in [3.8, 4) is 0 Å². The molecule has 0 atom stereocenters. The van der Waals surface area contributed by atoms with Crippen LogP contribution < -0.4 is 5.32 Å². The van der Waals surface area contributed by atoms with Crippen molar-refractivity contribution in [3.05, 3.63) is 54.6 Å². The number of rotatable bonds is 4. The van der Waals surface area contributed by atoms with Gasteiger partial charge in [0.1, 0.15) is 0 Å². The molecule has 0 bridgehead atoms. The minimum absolute atomic E-state index is 0.154. The molecule has 3 heteroatoms. The standard InChI is InChI=1S/C16H15NOS/c18-16(12-10-11-12)17-14-8-4-5-9-15(14)19-13-6-2-1-3-7-13/h1-9,12H,10-11H2,(H,17,18). The van der Waals surface area contributed by atoms with Crippen LogP contribution >= 0.6 is 11.8 Å². The maximum absolute atomic E-state index is 11.9. The highest BCUT2D eigenvalue weighted by Crippen LogP contribution is 2.35. The van der Waals surface area contributed by atoms with E-state index < -0.39 is 0 Å². The summed E-state index contributed by atoms with van der Waals surface area (Å²) in [4.78, 5) is 14.1. The van der Waals surface area contributed by atoms with Crippen molar-refractivity contribution in [2.45, 2.75) is 22.6 Å². The first-order valence-corrected chi connectivity index (χ1v) is 7.27. The quantitative estimate of drug-likeness (QED) is 0.902. The first kappa shape index (κ1) is 12.3. The average Bonchev–Trinajstić information content (AvgIpc) is 3.26. The molecule has 0 unspecified atom stereocenters. The molecule has 1 aliphatic carbocycles. The Hall–Kier alpha value is -1.74. The smallest absolute Gasteiger partial charge is 0.227 e. The van der Waals surface area contributed by atoms with Crippen LogP contribution in [0.3, 0.4) is 0 Å². The van der Waals surface area contributed by atoms with Crippen LogP contribution in [0.4, 0.5) is 5.69 Å². The number of carbonyl (C=O) groups excluding carboxylic acids is 1. The molecule has 0 heterocycles. The highest BCUT2D eigenvalue weighted by Gasteiger charge is 2.29. The lowest BCUT2D eigenvalue weighted by Crippen LogP contribution is -2.13. The fourth-order valence-electron chi connectivity index (χ4n) is 1.85. The number of para-hydroxylation sites is 1. The van der Waals surface area contributed by atoms with Gasteiger partial charge in [-0.2, -0.15) is 0 Å². The Bertz CT molecular complexity index is 578. The molecule has 0 aromatic heterocycles. The first-order chi connectivity index (χ1) is 9.33. The normalized spacial score (nSPS) is 14.1. The van der Waals surface area contributed by atoms with Crippen molar-refractivity contribution in [2.75, 3.05) is 5.32 Å². The molecule has 3 rings (SSSR count). The highest BCUT2D eigenvalue weighted by atomic mass is 32.2. The van der Waals surface area contributed by atoms with Gasteiger partial charge in [-0.3, -0.25) is 4.79 Å². The lowest BCUT2D eigenvalue weighted by molar-refractivity contribution is -0.117. The summed E-state index contributed by atoms with van der Waals surface area (Å²) in [5.74, 6) is 0.385. The Kier molecular flexibility index (Phi) is 3.56. The fourth-order valence-corrected chi connectivity index (χ4v) is 2.78. The molecule has 1 N–H and O–H groups in total. The molecule has 19 heavy (non-hydrogen) atoms. The summed E-state index contributed by atoms with van der Waals surface area (Å²) in [6.07, 6.45) is 2.06.